The van der Waals surface area contributed by atoms with Gasteiger partial charge < -0.3 is 14.8 Å². The number of H-pyrrole nitrogens is 1. The first-order valence-electron chi connectivity index (χ1n) is 6.04. The summed E-state index contributed by atoms with van der Waals surface area (Å²) >= 11 is 3.25. The van der Waals surface area contributed by atoms with Crippen molar-refractivity contribution in [1.82, 2.24) is 9.97 Å². The van der Waals surface area contributed by atoms with Gasteiger partial charge in [-0.2, -0.15) is 0 Å². The Kier molecular flexibility index (Phi) is 4.13. The Hall–Kier alpha value is -1.82. The van der Waals surface area contributed by atoms with Gasteiger partial charge in [0.15, 0.2) is 4.73 Å². The van der Waals surface area contributed by atoms with Gasteiger partial charge in [0, 0.05) is 5.56 Å². The molecule has 0 bridgehead atoms. The summed E-state index contributed by atoms with van der Waals surface area (Å²) in [5, 5.41) is 8.96. The number of aryl methyl sites for hydroxylation is 2. The molecule has 6 heteroatoms. The van der Waals surface area contributed by atoms with Gasteiger partial charge in [0.05, 0.1) is 24.9 Å². The van der Waals surface area contributed by atoms with E-state index in [0.717, 1.165) is 22.4 Å². The summed E-state index contributed by atoms with van der Waals surface area (Å²) in [5.41, 5.74) is 4.08. The quantitative estimate of drug-likeness (QED) is 0.898. The molecule has 2 N–H and O–H groups in total. The molecule has 0 amide bonds. The summed E-state index contributed by atoms with van der Waals surface area (Å²) in [6.07, 6.45) is -0.0991. The van der Waals surface area contributed by atoms with Gasteiger partial charge in [-0.3, -0.25) is 4.79 Å². The maximum Gasteiger partial charge on any atom is 0.309 e. The van der Waals surface area contributed by atoms with E-state index in [9.17, 15) is 4.79 Å². The number of carboxylic acids is 1. The standard InChI is InChI=1S/C14H15BrN2O3/c1-7-4-9(5-8(2)13(7)20-3)12-10(6-11(18)19)16-14(15)17-12/h4-5H,6H2,1-3H3,(H,16,17)(H,18,19). The summed E-state index contributed by atoms with van der Waals surface area (Å²) in [6, 6.07) is 3.89. The largest absolute Gasteiger partial charge is 0.496 e. The van der Waals surface area contributed by atoms with Gasteiger partial charge in [0.1, 0.15) is 5.75 Å². The minimum absolute atomic E-state index is 0.0991. The number of methoxy groups -OCH3 is 1. The van der Waals surface area contributed by atoms with Crippen LogP contribution in [0.1, 0.15) is 16.8 Å². The highest BCUT2D eigenvalue weighted by Crippen LogP contribution is 2.31. The lowest BCUT2D eigenvalue weighted by atomic mass is 10.0. The van der Waals surface area contributed by atoms with E-state index in [1.807, 2.05) is 26.0 Å². The van der Waals surface area contributed by atoms with Crippen molar-refractivity contribution < 1.29 is 14.6 Å². The van der Waals surface area contributed by atoms with Crippen molar-refractivity contribution in [2.75, 3.05) is 7.11 Å². The fraction of sp³-hybridized carbons (Fsp3) is 0.286. The van der Waals surface area contributed by atoms with E-state index in [0.29, 0.717) is 16.1 Å². The van der Waals surface area contributed by atoms with Crippen LogP contribution in [0.3, 0.4) is 0 Å². The van der Waals surface area contributed by atoms with Crippen LogP contribution >= 0.6 is 15.9 Å². The third kappa shape index (κ3) is 2.85. The molecule has 0 fully saturated rings. The maximum absolute atomic E-state index is 10.9. The fourth-order valence-electron chi connectivity index (χ4n) is 2.30. The maximum atomic E-state index is 10.9. The minimum atomic E-state index is -0.899. The smallest absolute Gasteiger partial charge is 0.309 e. The predicted molar refractivity (Wildman–Crippen MR) is 79.1 cm³/mol. The van der Waals surface area contributed by atoms with Crippen LogP contribution in [0.2, 0.25) is 0 Å². The van der Waals surface area contributed by atoms with E-state index in [4.69, 9.17) is 9.84 Å². The fourth-order valence-corrected chi connectivity index (χ4v) is 2.72. The Bertz CT molecular complexity index is 641. The van der Waals surface area contributed by atoms with E-state index in [2.05, 4.69) is 25.9 Å². The van der Waals surface area contributed by atoms with Gasteiger partial charge in [-0.25, -0.2) is 4.98 Å². The molecule has 0 atom stereocenters. The lowest BCUT2D eigenvalue weighted by Crippen LogP contribution is -2.02. The Morgan fingerprint density at radius 2 is 2.00 bits per heavy atom. The van der Waals surface area contributed by atoms with Crippen molar-refractivity contribution in [3.8, 4) is 17.0 Å². The van der Waals surface area contributed by atoms with Crippen LogP contribution in [0.4, 0.5) is 0 Å². The van der Waals surface area contributed by atoms with Crippen LogP contribution < -0.4 is 4.74 Å². The predicted octanol–water partition coefficient (Wildman–Crippen LogP) is 3.09. The number of halogens is 1. The summed E-state index contributed by atoms with van der Waals surface area (Å²) < 4.78 is 5.86. The van der Waals surface area contributed by atoms with Gasteiger partial charge in [-0.05, 0) is 53.0 Å². The summed E-state index contributed by atoms with van der Waals surface area (Å²) in [7, 11) is 1.63. The summed E-state index contributed by atoms with van der Waals surface area (Å²) in [5.74, 6) is -0.0625. The molecule has 0 aliphatic rings. The number of aromatic amines is 1. The first-order chi connectivity index (χ1) is 9.42. The molecule has 0 aliphatic heterocycles. The number of aromatic nitrogens is 2. The molecule has 0 aliphatic carbocycles. The molecule has 20 heavy (non-hydrogen) atoms. The van der Waals surface area contributed by atoms with Crippen LogP contribution in [0.5, 0.6) is 5.75 Å². The number of hydrogen-bond acceptors (Lipinski definition) is 3. The van der Waals surface area contributed by atoms with Crippen LogP contribution in [0.25, 0.3) is 11.3 Å². The molecule has 1 aromatic heterocycles. The molecule has 0 saturated carbocycles. The van der Waals surface area contributed by atoms with Gasteiger partial charge in [-0.15, -0.1) is 0 Å². The normalized spacial score (nSPS) is 10.6. The van der Waals surface area contributed by atoms with Gasteiger partial charge >= 0.3 is 5.97 Å². The SMILES string of the molecule is COc1c(C)cc(-c2nc(Br)[nH]c2CC(=O)O)cc1C. The van der Waals surface area contributed by atoms with Crippen molar-refractivity contribution in [1.29, 1.82) is 0 Å². The topological polar surface area (TPSA) is 75.2 Å². The van der Waals surface area contributed by atoms with Crippen LogP contribution in [0.15, 0.2) is 16.9 Å². The number of benzene rings is 1. The van der Waals surface area contributed by atoms with Crippen molar-refractivity contribution in [2.45, 2.75) is 20.3 Å². The second-order valence-electron chi connectivity index (χ2n) is 4.57. The van der Waals surface area contributed by atoms with Crippen molar-refractivity contribution in [3.63, 3.8) is 0 Å². The number of carbonyl (C=O) groups is 1. The zero-order valence-electron chi connectivity index (χ0n) is 11.5. The number of aliphatic carboxylic acids is 1. The number of imidazole rings is 1. The van der Waals surface area contributed by atoms with E-state index in [1.165, 1.54) is 0 Å². The first kappa shape index (κ1) is 14.6. The third-order valence-electron chi connectivity index (χ3n) is 3.02. The summed E-state index contributed by atoms with van der Waals surface area (Å²) in [6.45, 7) is 3.90. The minimum Gasteiger partial charge on any atom is -0.496 e. The molecular formula is C14H15BrN2O3. The molecule has 0 radical (unpaired) electrons. The first-order valence-corrected chi connectivity index (χ1v) is 6.83. The van der Waals surface area contributed by atoms with Crippen LogP contribution in [0, 0.1) is 13.8 Å². The van der Waals surface area contributed by atoms with Crippen LogP contribution in [-0.2, 0) is 11.2 Å². The Balaban J connectivity index is 2.54. The molecule has 2 rings (SSSR count). The van der Waals surface area contributed by atoms with Gasteiger partial charge in [0.2, 0.25) is 0 Å². The number of nitrogens with zero attached hydrogens (tertiary/aromatic N) is 1. The molecule has 5 nitrogen and oxygen atoms in total. The zero-order valence-corrected chi connectivity index (χ0v) is 13.0. The van der Waals surface area contributed by atoms with Crippen molar-refractivity contribution >= 4 is 21.9 Å². The lowest BCUT2D eigenvalue weighted by molar-refractivity contribution is -0.136. The molecular weight excluding hydrogens is 324 g/mol. The number of carboxylic acid groups (broad SMARTS) is 1. The molecule has 0 unspecified atom stereocenters. The van der Waals surface area contributed by atoms with Crippen molar-refractivity contribution in [2.24, 2.45) is 0 Å². The van der Waals surface area contributed by atoms with E-state index < -0.39 is 5.97 Å². The molecule has 1 aromatic carbocycles. The number of ether oxygens (including phenoxy) is 1. The number of nitrogens with one attached hydrogen (secondary N) is 1. The Morgan fingerprint density at radius 3 is 2.50 bits per heavy atom. The second kappa shape index (κ2) is 5.66. The highest BCUT2D eigenvalue weighted by molar-refractivity contribution is 9.10. The molecule has 0 saturated heterocycles. The Labute approximate surface area is 125 Å². The van der Waals surface area contributed by atoms with Crippen molar-refractivity contribution in [3.05, 3.63) is 33.7 Å². The van der Waals surface area contributed by atoms with Gasteiger partial charge in [-0.1, -0.05) is 0 Å². The average Bonchev–Trinajstić information content (AvgIpc) is 2.68. The molecule has 2 aromatic rings. The highest BCUT2D eigenvalue weighted by atomic mass is 79.9. The molecule has 1 heterocycles. The molecule has 106 valence electrons. The van der Waals surface area contributed by atoms with E-state index >= 15 is 0 Å². The van der Waals surface area contributed by atoms with Gasteiger partial charge in [0.25, 0.3) is 0 Å². The highest BCUT2D eigenvalue weighted by Gasteiger charge is 2.16. The monoisotopic (exact) mass is 338 g/mol. The summed E-state index contributed by atoms with van der Waals surface area (Å²) in [4.78, 5) is 18.2. The zero-order chi connectivity index (χ0) is 14.9. The number of hydrogen-bond donors (Lipinski definition) is 2. The Morgan fingerprint density at radius 1 is 1.40 bits per heavy atom. The average molecular weight is 339 g/mol. The van der Waals surface area contributed by atoms with E-state index in [-0.39, 0.29) is 6.42 Å². The second-order valence-corrected chi connectivity index (χ2v) is 5.32. The third-order valence-corrected chi connectivity index (χ3v) is 3.39. The molecule has 0 spiro atoms. The van der Waals surface area contributed by atoms with Crippen LogP contribution in [-0.4, -0.2) is 28.2 Å². The van der Waals surface area contributed by atoms with E-state index in [1.54, 1.807) is 7.11 Å². The lowest BCUT2D eigenvalue weighted by Gasteiger charge is -2.11. The number of rotatable bonds is 4.